The maximum Gasteiger partial charge on any atom is 0.251 e. The smallest absolute Gasteiger partial charge is 0.251 e. The van der Waals surface area contributed by atoms with Crippen LogP contribution in [0.4, 0.5) is 5.69 Å². The number of nitrogen functional groups attached to an aromatic ring is 1. The van der Waals surface area contributed by atoms with Crippen molar-refractivity contribution in [2.75, 3.05) is 5.73 Å². The summed E-state index contributed by atoms with van der Waals surface area (Å²) in [6.45, 7) is 4.13. The maximum atomic E-state index is 12.2. The van der Waals surface area contributed by atoms with Crippen LogP contribution in [-0.4, -0.2) is 11.0 Å². The number of hydrogen-bond donors (Lipinski definition) is 3. The van der Waals surface area contributed by atoms with Crippen molar-refractivity contribution >= 4 is 11.6 Å². The fourth-order valence-electron chi connectivity index (χ4n) is 2.01. The molecule has 4 heteroatoms. The number of carbonyl (C=O) groups excluding carboxylic acids is 1. The number of benzene rings is 2. The second kappa shape index (κ2) is 5.65. The van der Waals surface area contributed by atoms with E-state index < -0.39 is 0 Å². The summed E-state index contributed by atoms with van der Waals surface area (Å²) in [5.74, 6) is -0.0338. The molecule has 0 saturated carbocycles. The fraction of sp³-hybridized carbons (Fsp3) is 0.188. The standard InChI is InChI=1S/C16H18N2O2/c1-10-4-3-5-14(11(10)2)16(20)18-9-12-8-13(17)6-7-15(12)19/h3-8,19H,9,17H2,1-2H3,(H,18,20). The Bertz CT molecular complexity index is 651. The average Bonchev–Trinajstić information content (AvgIpc) is 2.42. The Labute approximate surface area is 118 Å². The number of nitrogens with two attached hydrogens (primary N) is 1. The lowest BCUT2D eigenvalue weighted by atomic mass is 10.0. The monoisotopic (exact) mass is 270 g/mol. The lowest BCUT2D eigenvalue weighted by molar-refractivity contribution is 0.0950. The summed E-state index contributed by atoms with van der Waals surface area (Å²) in [6.07, 6.45) is 0. The van der Waals surface area contributed by atoms with E-state index in [0.29, 0.717) is 16.8 Å². The molecule has 20 heavy (non-hydrogen) atoms. The van der Waals surface area contributed by atoms with Crippen molar-refractivity contribution in [1.29, 1.82) is 0 Å². The predicted molar refractivity (Wildman–Crippen MR) is 79.6 cm³/mol. The van der Waals surface area contributed by atoms with Crippen LogP contribution < -0.4 is 11.1 Å². The van der Waals surface area contributed by atoms with E-state index in [1.807, 2.05) is 26.0 Å². The molecule has 0 spiro atoms. The SMILES string of the molecule is Cc1cccc(C(=O)NCc2cc(N)ccc2O)c1C. The van der Waals surface area contributed by atoms with E-state index in [2.05, 4.69) is 5.32 Å². The largest absolute Gasteiger partial charge is 0.508 e. The molecule has 2 rings (SSSR count). The van der Waals surface area contributed by atoms with Gasteiger partial charge in [-0.3, -0.25) is 4.79 Å². The van der Waals surface area contributed by atoms with E-state index in [0.717, 1.165) is 11.1 Å². The van der Waals surface area contributed by atoms with E-state index in [4.69, 9.17) is 5.73 Å². The van der Waals surface area contributed by atoms with Crippen LogP contribution in [0.15, 0.2) is 36.4 Å². The first-order chi connectivity index (χ1) is 9.49. The third-order valence-electron chi connectivity index (χ3n) is 3.39. The molecule has 4 N–H and O–H groups in total. The molecule has 2 aromatic carbocycles. The molecule has 1 amide bonds. The highest BCUT2D eigenvalue weighted by Gasteiger charge is 2.10. The minimum absolute atomic E-state index is 0.125. The highest BCUT2D eigenvalue weighted by atomic mass is 16.3. The van der Waals surface area contributed by atoms with Gasteiger partial charge in [0.05, 0.1) is 0 Å². The maximum absolute atomic E-state index is 12.2. The Hall–Kier alpha value is -2.49. The van der Waals surface area contributed by atoms with E-state index in [1.54, 1.807) is 18.2 Å². The van der Waals surface area contributed by atoms with Crippen molar-refractivity contribution in [1.82, 2.24) is 5.32 Å². The van der Waals surface area contributed by atoms with Crippen LogP contribution in [0.25, 0.3) is 0 Å². The molecule has 0 radical (unpaired) electrons. The van der Waals surface area contributed by atoms with E-state index in [-0.39, 0.29) is 18.2 Å². The Morgan fingerprint density at radius 1 is 1.25 bits per heavy atom. The topological polar surface area (TPSA) is 75.4 Å². The zero-order valence-corrected chi connectivity index (χ0v) is 11.6. The third-order valence-corrected chi connectivity index (χ3v) is 3.39. The summed E-state index contributed by atoms with van der Waals surface area (Å²) in [6, 6.07) is 10.4. The van der Waals surface area contributed by atoms with Gasteiger partial charge in [0.2, 0.25) is 0 Å². The number of phenols is 1. The molecule has 0 saturated heterocycles. The highest BCUT2D eigenvalue weighted by molar-refractivity contribution is 5.95. The summed E-state index contributed by atoms with van der Waals surface area (Å²) in [7, 11) is 0. The molecule has 2 aromatic rings. The average molecular weight is 270 g/mol. The van der Waals surface area contributed by atoms with Gasteiger partial charge < -0.3 is 16.2 Å². The van der Waals surface area contributed by atoms with E-state index in [1.165, 1.54) is 6.07 Å². The predicted octanol–water partition coefficient (Wildman–Crippen LogP) is 2.52. The number of aromatic hydroxyl groups is 1. The Morgan fingerprint density at radius 3 is 2.75 bits per heavy atom. The summed E-state index contributed by atoms with van der Waals surface area (Å²) in [5, 5.41) is 12.5. The van der Waals surface area contributed by atoms with Crippen molar-refractivity contribution in [2.24, 2.45) is 0 Å². The highest BCUT2D eigenvalue weighted by Crippen LogP contribution is 2.20. The van der Waals surface area contributed by atoms with Gasteiger partial charge >= 0.3 is 0 Å². The number of amides is 1. The second-order valence-corrected chi connectivity index (χ2v) is 4.82. The molecular weight excluding hydrogens is 252 g/mol. The summed E-state index contributed by atoms with van der Waals surface area (Å²) >= 11 is 0. The van der Waals surface area contributed by atoms with Gasteiger partial charge in [0.15, 0.2) is 0 Å². The zero-order chi connectivity index (χ0) is 14.7. The van der Waals surface area contributed by atoms with Gasteiger partial charge in [-0.05, 0) is 49.2 Å². The van der Waals surface area contributed by atoms with Crippen molar-refractivity contribution in [3.63, 3.8) is 0 Å². The number of phenolic OH excluding ortho intramolecular Hbond substituents is 1. The number of anilines is 1. The molecular formula is C16H18N2O2. The van der Waals surface area contributed by atoms with Crippen molar-refractivity contribution in [3.05, 3.63) is 58.7 Å². The molecule has 0 fully saturated rings. The quantitative estimate of drug-likeness (QED) is 0.592. The Balaban J connectivity index is 2.13. The van der Waals surface area contributed by atoms with Gasteiger partial charge in [-0.2, -0.15) is 0 Å². The van der Waals surface area contributed by atoms with Gasteiger partial charge in [-0.25, -0.2) is 0 Å². The number of carbonyl (C=O) groups is 1. The van der Waals surface area contributed by atoms with Crippen LogP contribution in [0.3, 0.4) is 0 Å². The molecule has 0 bridgehead atoms. The molecule has 4 nitrogen and oxygen atoms in total. The van der Waals surface area contributed by atoms with Crippen LogP contribution in [0, 0.1) is 13.8 Å². The van der Waals surface area contributed by atoms with Gasteiger partial charge in [0.25, 0.3) is 5.91 Å². The molecule has 0 unspecified atom stereocenters. The number of aryl methyl sites for hydroxylation is 1. The molecule has 0 aliphatic heterocycles. The second-order valence-electron chi connectivity index (χ2n) is 4.82. The summed E-state index contributed by atoms with van der Waals surface area (Å²) in [5.41, 5.74) is 9.50. The molecule has 0 aromatic heterocycles. The number of rotatable bonds is 3. The van der Waals surface area contributed by atoms with Gasteiger partial charge in [0, 0.05) is 23.4 Å². The minimum Gasteiger partial charge on any atom is -0.508 e. The Morgan fingerprint density at radius 2 is 2.00 bits per heavy atom. The molecule has 0 atom stereocenters. The normalized spacial score (nSPS) is 10.3. The van der Waals surface area contributed by atoms with Gasteiger partial charge in [-0.15, -0.1) is 0 Å². The van der Waals surface area contributed by atoms with Crippen LogP contribution in [0.2, 0.25) is 0 Å². The van der Waals surface area contributed by atoms with Crippen LogP contribution in [0.5, 0.6) is 5.75 Å². The Kier molecular flexibility index (Phi) is 3.94. The van der Waals surface area contributed by atoms with Gasteiger partial charge in [-0.1, -0.05) is 12.1 Å². The summed E-state index contributed by atoms with van der Waals surface area (Å²) < 4.78 is 0. The third kappa shape index (κ3) is 2.91. The first kappa shape index (κ1) is 13.9. The van der Waals surface area contributed by atoms with Crippen molar-refractivity contribution < 1.29 is 9.90 Å². The van der Waals surface area contributed by atoms with Crippen LogP contribution in [0.1, 0.15) is 27.0 Å². The first-order valence-corrected chi connectivity index (χ1v) is 6.41. The van der Waals surface area contributed by atoms with E-state index >= 15 is 0 Å². The minimum atomic E-state index is -0.159. The van der Waals surface area contributed by atoms with E-state index in [9.17, 15) is 9.90 Å². The fourth-order valence-corrected chi connectivity index (χ4v) is 2.01. The van der Waals surface area contributed by atoms with Crippen molar-refractivity contribution in [3.8, 4) is 5.75 Å². The molecule has 104 valence electrons. The lowest BCUT2D eigenvalue weighted by Gasteiger charge is -2.10. The van der Waals surface area contributed by atoms with Crippen LogP contribution in [-0.2, 0) is 6.54 Å². The lowest BCUT2D eigenvalue weighted by Crippen LogP contribution is -2.23. The molecule has 0 aliphatic carbocycles. The van der Waals surface area contributed by atoms with Crippen LogP contribution >= 0.6 is 0 Å². The van der Waals surface area contributed by atoms with Gasteiger partial charge in [0.1, 0.15) is 5.75 Å². The first-order valence-electron chi connectivity index (χ1n) is 6.41. The van der Waals surface area contributed by atoms with Crippen molar-refractivity contribution in [2.45, 2.75) is 20.4 Å². The molecule has 0 heterocycles. The molecule has 0 aliphatic rings. The zero-order valence-electron chi connectivity index (χ0n) is 11.6. The number of nitrogens with one attached hydrogen (secondary N) is 1. The summed E-state index contributed by atoms with van der Waals surface area (Å²) in [4.78, 5) is 12.2. The number of hydrogen-bond acceptors (Lipinski definition) is 3.